The number of hydrogen-bond donors (Lipinski definition) is 1. The fourth-order valence-electron chi connectivity index (χ4n) is 1.57. The van der Waals surface area contributed by atoms with Gasteiger partial charge in [0.05, 0.1) is 13.7 Å². The van der Waals surface area contributed by atoms with E-state index >= 15 is 0 Å². The van der Waals surface area contributed by atoms with E-state index in [1.165, 1.54) is 0 Å². The number of para-hydroxylation sites is 1. The highest BCUT2D eigenvalue weighted by molar-refractivity contribution is 9.11. The average molecular weight is 330 g/mol. The summed E-state index contributed by atoms with van der Waals surface area (Å²) in [5.74, 6) is 1.47. The number of ether oxygens (including phenoxy) is 3. The Labute approximate surface area is 122 Å². The standard InChI is InChI=1S/C14H20BrNO3/c1-11(15)10-19-14-12(9-16-7-8-17-2)5-4-6-13(14)18-3/h4-6,16H,1,7-10H2,2-3H3. The van der Waals surface area contributed by atoms with Crippen LogP contribution in [0.2, 0.25) is 0 Å². The third kappa shape index (κ3) is 5.63. The maximum atomic E-state index is 5.73. The Morgan fingerprint density at radius 1 is 1.37 bits per heavy atom. The molecule has 1 aromatic rings. The van der Waals surface area contributed by atoms with Crippen molar-refractivity contribution in [1.29, 1.82) is 0 Å². The van der Waals surface area contributed by atoms with Crippen LogP contribution < -0.4 is 14.8 Å². The van der Waals surface area contributed by atoms with E-state index in [0.29, 0.717) is 19.8 Å². The van der Waals surface area contributed by atoms with Crippen molar-refractivity contribution in [3.8, 4) is 11.5 Å². The van der Waals surface area contributed by atoms with Crippen LogP contribution in [0.15, 0.2) is 29.3 Å². The van der Waals surface area contributed by atoms with Crippen LogP contribution in [0.1, 0.15) is 5.56 Å². The molecule has 0 amide bonds. The minimum atomic E-state index is 0.408. The van der Waals surface area contributed by atoms with Crippen LogP contribution in [-0.2, 0) is 11.3 Å². The third-order valence-electron chi connectivity index (χ3n) is 2.45. The molecule has 0 saturated carbocycles. The highest BCUT2D eigenvalue weighted by Gasteiger charge is 2.10. The van der Waals surface area contributed by atoms with Gasteiger partial charge in [-0.3, -0.25) is 0 Å². The molecule has 0 aromatic heterocycles. The number of halogens is 1. The minimum absolute atomic E-state index is 0.408. The van der Waals surface area contributed by atoms with Gasteiger partial charge in [0.15, 0.2) is 11.5 Å². The molecule has 0 spiro atoms. The van der Waals surface area contributed by atoms with Crippen LogP contribution in [-0.4, -0.2) is 34.0 Å². The molecular weight excluding hydrogens is 310 g/mol. The second kappa shape index (κ2) is 8.96. The van der Waals surface area contributed by atoms with Crippen molar-refractivity contribution in [2.45, 2.75) is 6.54 Å². The van der Waals surface area contributed by atoms with Gasteiger partial charge in [-0.25, -0.2) is 0 Å². The largest absolute Gasteiger partial charge is 0.493 e. The van der Waals surface area contributed by atoms with E-state index in [4.69, 9.17) is 14.2 Å². The molecule has 0 aliphatic rings. The Hall–Kier alpha value is -1.04. The summed E-state index contributed by atoms with van der Waals surface area (Å²) < 4.78 is 16.8. The number of rotatable bonds is 9. The maximum Gasteiger partial charge on any atom is 0.166 e. The van der Waals surface area contributed by atoms with Crippen molar-refractivity contribution < 1.29 is 14.2 Å². The third-order valence-corrected chi connectivity index (χ3v) is 2.68. The molecule has 0 heterocycles. The average Bonchev–Trinajstić information content (AvgIpc) is 2.41. The zero-order valence-corrected chi connectivity index (χ0v) is 13.0. The molecule has 1 N–H and O–H groups in total. The summed E-state index contributed by atoms with van der Waals surface area (Å²) in [7, 11) is 3.32. The highest BCUT2D eigenvalue weighted by Crippen LogP contribution is 2.31. The zero-order chi connectivity index (χ0) is 14.1. The van der Waals surface area contributed by atoms with E-state index in [1.54, 1.807) is 14.2 Å². The van der Waals surface area contributed by atoms with Crippen molar-refractivity contribution >= 4 is 15.9 Å². The molecule has 1 rings (SSSR count). The number of benzene rings is 1. The van der Waals surface area contributed by atoms with E-state index in [0.717, 1.165) is 28.1 Å². The zero-order valence-electron chi connectivity index (χ0n) is 11.4. The summed E-state index contributed by atoms with van der Waals surface area (Å²) in [6.45, 7) is 6.34. The quantitative estimate of drug-likeness (QED) is 0.707. The van der Waals surface area contributed by atoms with Crippen molar-refractivity contribution in [3.05, 3.63) is 34.8 Å². The molecular formula is C14H20BrNO3. The molecule has 0 unspecified atom stereocenters. The molecule has 0 bridgehead atoms. The Kier molecular flexibility index (Phi) is 7.55. The number of methoxy groups -OCH3 is 2. The number of nitrogens with one attached hydrogen (secondary N) is 1. The predicted molar refractivity (Wildman–Crippen MR) is 80.1 cm³/mol. The van der Waals surface area contributed by atoms with Gasteiger partial charge in [0.2, 0.25) is 0 Å². The first-order valence-corrected chi connectivity index (χ1v) is 6.80. The first-order valence-electron chi connectivity index (χ1n) is 6.00. The first-order chi connectivity index (χ1) is 9.19. The molecule has 0 radical (unpaired) electrons. The summed E-state index contributed by atoms with van der Waals surface area (Å²) in [6, 6.07) is 5.83. The van der Waals surface area contributed by atoms with E-state index < -0.39 is 0 Å². The predicted octanol–water partition coefficient (Wildman–Crippen LogP) is 2.72. The van der Waals surface area contributed by atoms with Crippen LogP contribution in [0.3, 0.4) is 0 Å². The van der Waals surface area contributed by atoms with E-state index in [-0.39, 0.29) is 0 Å². The molecule has 106 valence electrons. The fourth-order valence-corrected chi connectivity index (χ4v) is 1.69. The molecule has 0 atom stereocenters. The lowest BCUT2D eigenvalue weighted by Crippen LogP contribution is -2.19. The summed E-state index contributed by atoms with van der Waals surface area (Å²) in [5.41, 5.74) is 1.05. The van der Waals surface area contributed by atoms with Gasteiger partial charge in [-0.2, -0.15) is 0 Å². The first kappa shape index (κ1) is 16.0. The van der Waals surface area contributed by atoms with E-state index in [1.807, 2.05) is 18.2 Å². The molecule has 1 aromatic carbocycles. The van der Waals surface area contributed by atoms with Crippen molar-refractivity contribution in [2.24, 2.45) is 0 Å². The number of hydrogen-bond acceptors (Lipinski definition) is 4. The van der Waals surface area contributed by atoms with Gasteiger partial charge >= 0.3 is 0 Å². The second-order valence-corrected chi connectivity index (χ2v) is 5.05. The lowest BCUT2D eigenvalue weighted by Gasteiger charge is -2.15. The summed E-state index contributed by atoms with van der Waals surface area (Å²) >= 11 is 3.28. The SMILES string of the molecule is C=C(Br)COc1c(CNCCOC)cccc1OC. The highest BCUT2D eigenvalue weighted by atomic mass is 79.9. The summed E-state index contributed by atoms with van der Waals surface area (Å²) in [5, 5.41) is 3.29. The Balaban J connectivity index is 2.73. The molecule has 19 heavy (non-hydrogen) atoms. The lowest BCUT2D eigenvalue weighted by molar-refractivity contribution is 0.199. The Morgan fingerprint density at radius 2 is 2.16 bits per heavy atom. The van der Waals surface area contributed by atoms with Gasteiger partial charge in [0.25, 0.3) is 0 Å². The van der Waals surface area contributed by atoms with Crippen molar-refractivity contribution in [2.75, 3.05) is 34.0 Å². The van der Waals surface area contributed by atoms with E-state index in [9.17, 15) is 0 Å². The summed E-state index contributed by atoms with van der Waals surface area (Å²) in [4.78, 5) is 0. The fraction of sp³-hybridized carbons (Fsp3) is 0.429. The maximum absolute atomic E-state index is 5.73. The van der Waals surface area contributed by atoms with E-state index in [2.05, 4.69) is 27.8 Å². The smallest absolute Gasteiger partial charge is 0.166 e. The van der Waals surface area contributed by atoms with Gasteiger partial charge in [0.1, 0.15) is 6.61 Å². The van der Waals surface area contributed by atoms with Crippen LogP contribution in [0, 0.1) is 0 Å². The Bertz CT molecular complexity index is 410. The van der Waals surface area contributed by atoms with Gasteiger partial charge in [-0.05, 0) is 6.07 Å². The van der Waals surface area contributed by atoms with Gasteiger partial charge < -0.3 is 19.5 Å². The topological polar surface area (TPSA) is 39.7 Å². The lowest BCUT2D eigenvalue weighted by atomic mass is 10.2. The van der Waals surface area contributed by atoms with Crippen LogP contribution in [0.25, 0.3) is 0 Å². The molecule has 0 aliphatic carbocycles. The molecule has 4 nitrogen and oxygen atoms in total. The van der Waals surface area contributed by atoms with Gasteiger partial charge in [0, 0.05) is 30.2 Å². The molecule has 0 saturated heterocycles. The van der Waals surface area contributed by atoms with Crippen LogP contribution in [0.5, 0.6) is 11.5 Å². The van der Waals surface area contributed by atoms with Crippen molar-refractivity contribution in [3.63, 3.8) is 0 Å². The van der Waals surface area contributed by atoms with Crippen molar-refractivity contribution in [1.82, 2.24) is 5.32 Å². The van der Waals surface area contributed by atoms with Crippen LogP contribution >= 0.6 is 15.9 Å². The summed E-state index contributed by atoms with van der Waals surface area (Å²) in [6.07, 6.45) is 0. The minimum Gasteiger partial charge on any atom is -0.493 e. The molecule has 5 heteroatoms. The van der Waals surface area contributed by atoms with Crippen LogP contribution in [0.4, 0.5) is 0 Å². The molecule has 0 aliphatic heterocycles. The monoisotopic (exact) mass is 329 g/mol. The normalized spacial score (nSPS) is 10.3. The second-order valence-electron chi connectivity index (χ2n) is 3.92. The molecule has 0 fully saturated rings. The van der Waals surface area contributed by atoms with Gasteiger partial charge in [-0.15, -0.1) is 0 Å². The van der Waals surface area contributed by atoms with Gasteiger partial charge in [-0.1, -0.05) is 34.6 Å². The Morgan fingerprint density at radius 3 is 2.79 bits per heavy atom.